The molecule has 0 fully saturated rings. The number of hydrogen-bond donors (Lipinski definition) is 6. The number of aliphatic hydroxyl groups is 2. The summed E-state index contributed by atoms with van der Waals surface area (Å²) in [7, 11) is 0. The summed E-state index contributed by atoms with van der Waals surface area (Å²) in [6.07, 6.45) is 9.36. The van der Waals surface area contributed by atoms with Crippen LogP contribution in [0, 0.1) is 11.8 Å². The Kier molecular flexibility index (Phi) is 16.6. The third kappa shape index (κ3) is 13.7. The molecule has 56 heavy (non-hydrogen) atoms. The van der Waals surface area contributed by atoms with E-state index in [1.165, 1.54) is 12.2 Å². The van der Waals surface area contributed by atoms with Gasteiger partial charge in [-0.1, -0.05) is 100 Å². The number of hydrogen-bond acceptors (Lipinski definition) is 8. The number of amides is 4. The summed E-state index contributed by atoms with van der Waals surface area (Å²) >= 11 is 0. The predicted octanol–water partition coefficient (Wildman–Crippen LogP) is 3.66. The van der Waals surface area contributed by atoms with E-state index in [1.54, 1.807) is 88.9 Å². The van der Waals surface area contributed by atoms with Crippen LogP contribution in [0.3, 0.4) is 0 Å². The van der Waals surface area contributed by atoms with Crippen molar-refractivity contribution in [2.45, 2.75) is 76.9 Å². The first-order valence-corrected chi connectivity index (χ1v) is 18.7. The predicted molar refractivity (Wildman–Crippen MR) is 216 cm³/mol. The lowest BCUT2D eigenvalue weighted by Gasteiger charge is -2.35. The molecule has 0 saturated heterocycles. The maximum absolute atomic E-state index is 13.9. The van der Waals surface area contributed by atoms with Gasteiger partial charge < -0.3 is 31.5 Å². The van der Waals surface area contributed by atoms with E-state index in [0.29, 0.717) is 11.1 Å². The molecule has 0 aliphatic heterocycles. The van der Waals surface area contributed by atoms with E-state index >= 15 is 0 Å². The molecule has 4 aromatic rings. The zero-order chi connectivity index (χ0) is 40.5. The first-order chi connectivity index (χ1) is 26.9. The van der Waals surface area contributed by atoms with E-state index in [-0.39, 0.29) is 24.7 Å². The van der Waals surface area contributed by atoms with Crippen LogP contribution in [-0.2, 0) is 32.0 Å². The standard InChI is InChI=1S/C44H52N6O6/c1-29(2)39(49-37(51)21-19-33-17-11-23-45-27-33)43(55)47-35(25-31-13-7-5-8-14-31)41(53)42(54)36(26-32-15-9-6-10-16-32)48-44(56)40(30(3)4)50-38(52)22-20-34-18-12-24-46-28-34/h5-24,27-30,35-36,39-42,53-54H,25-26H2,1-4H3,(H,47,55)(H,48,56)(H,49,51)(H,50,52)/b21-19+,22-20+/t35-,36-,39-,40-,41+,42+/m0/s1. The molecule has 0 spiro atoms. The highest BCUT2D eigenvalue weighted by Gasteiger charge is 2.37. The van der Waals surface area contributed by atoms with Crippen LogP contribution in [0.15, 0.2) is 122 Å². The summed E-state index contributed by atoms with van der Waals surface area (Å²) < 4.78 is 0. The van der Waals surface area contributed by atoms with Crippen molar-refractivity contribution in [1.29, 1.82) is 0 Å². The Morgan fingerprint density at radius 1 is 0.554 bits per heavy atom. The average Bonchev–Trinajstić information content (AvgIpc) is 3.20. The Morgan fingerprint density at radius 3 is 1.25 bits per heavy atom. The van der Waals surface area contributed by atoms with Crippen LogP contribution in [0.4, 0.5) is 0 Å². The molecule has 12 heteroatoms. The van der Waals surface area contributed by atoms with Gasteiger partial charge in [-0.05, 0) is 71.2 Å². The molecule has 4 amide bonds. The molecular weight excluding hydrogens is 709 g/mol. The molecule has 2 aromatic carbocycles. The van der Waals surface area contributed by atoms with Crippen molar-refractivity contribution in [3.8, 4) is 0 Å². The second kappa shape index (κ2) is 21.8. The lowest BCUT2D eigenvalue weighted by Crippen LogP contribution is -2.61. The van der Waals surface area contributed by atoms with Gasteiger partial charge in [0.15, 0.2) is 0 Å². The number of aromatic nitrogens is 2. The molecule has 4 rings (SSSR count). The fourth-order valence-electron chi connectivity index (χ4n) is 6.04. The van der Waals surface area contributed by atoms with Crippen molar-refractivity contribution in [2.75, 3.05) is 0 Å². The van der Waals surface area contributed by atoms with Crippen LogP contribution in [0.1, 0.15) is 49.9 Å². The van der Waals surface area contributed by atoms with E-state index in [0.717, 1.165) is 11.1 Å². The number of nitrogens with zero attached hydrogens (tertiary/aromatic N) is 2. The highest BCUT2D eigenvalue weighted by Crippen LogP contribution is 2.17. The highest BCUT2D eigenvalue weighted by atomic mass is 16.3. The van der Waals surface area contributed by atoms with E-state index < -0.39 is 60.0 Å². The Labute approximate surface area is 328 Å². The summed E-state index contributed by atoms with van der Waals surface area (Å²) in [4.78, 5) is 61.7. The number of carbonyl (C=O) groups excluding carboxylic acids is 4. The highest BCUT2D eigenvalue weighted by molar-refractivity contribution is 5.96. The second-order valence-corrected chi connectivity index (χ2v) is 14.3. The van der Waals surface area contributed by atoms with Crippen LogP contribution in [0.25, 0.3) is 12.2 Å². The largest absolute Gasteiger partial charge is 0.388 e. The van der Waals surface area contributed by atoms with Crippen LogP contribution in [0.5, 0.6) is 0 Å². The zero-order valence-corrected chi connectivity index (χ0v) is 32.2. The molecule has 2 heterocycles. The Morgan fingerprint density at radius 2 is 0.929 bits per heavy atom. The van der Waals surface area contributed by atoms with Crippen molar-refractivity contribution in [2.24, 2.45) is 11.8 Å². The Bertz CT molecular complexity index is 1750. The Balaban J connectivity index is 1.56. The summed E-state index contributed by atoms with van der Waals surface area (Å²) in [5.41, 5.74) is 2.98. The van der Waals surface area contributed by atoms with Crippen LogP contribution < -0.4 is 21.3 Å². The lowest BCUT2D eigenvalue weighted by atomic mass is 9.90. The third-order valence-electron chi connectivity index (χ3n) is 9.14. The van der Waals surface area contributed by atoms with Gasteiger partial charge in [-0.2, -0.15) is 0 Å². The van der Waals surface area contributed by atoms with Gasteiger partial charge in [-0.3, -0.25) is 29.1 Å². The number of benzene rings is 2. The summed E-state index contributed by atoms with van der Waals surface area (Å²) in [5.74, 6) is -2.77. The summed E-state index contributed by atoms with van der Waals surface area (Å²) in [6.45, 7) is 7.15. The first kappa shape index (κ1) is 42.8. The minimum atomic E-state index is -1.59. The fourth-order valence-corrected chi connectivity index (χ4v) is 6.04. The number of pyridine rings is 2. The normalized spacial score (nSPS) is 14.8. The third-order valence-corrected chi connectivity index (χ3v) is 9.14. The van der Waals surface area contributed by atoms with E-state index in [2.05, 4.69) is 31.2 Å². The first-order valence-electron chi connectivity index (χ1n) is 18.7. The van der Waals surface area contributed by atoms with E-state index in [1.807, 2.05) is 60.7 Å². The quantitative estimate of drug-likeness (QED) is 0.0784. The molecule has 6 N–H and O–H groups in total. The van der Waals surface area contributed by atoms with Crippen molar-refractivity contribution in [3.63, 3.8) is 0 Å². The molecule has 6 atom stereocenters. The van der Waals surface area contributed by atoms with Crippen LogP contribution in [-0.4, -0.2) is 80.2 Å². The van der Waals surface area contributed by atoms with Gasteiger partial charge in [0.1, 0.15) is 24.3 Å². The minimum absolute atomic E-state index is 0.129. The van der Waals surface area contributed by atoms with E-state index in [4.69, 9.17) is 0 Å². The van der Waals surface area contributed by atoms with Gasteiger partial charge in [-0.15, -0.1) is 0 Å². The number of rotatable bonds is 19. The molecule has 0 aliphatic rings. The monoisotopic (exact) mass is 760 g/mol. The second-order valence-electron chi connectivity index (χ2n) is 14.3. The number of aliphatic hydroxyl groups excluding tert-OH is 2. The molecular formula is C44H52N6O6. The van der Waals surface area contributed by atoms with Crippen molar-refractivity contribution < 1.29 is 29.4 Å². The average molecular weight is 761 g/mol. The maximum Gasteiger partial charge on any atom is 0.244 e. The number of carbonyl (C=O) groups is 4. The number of nitrogens with one attached hydrogen (secondary N) is 4. The molecule has 0 unspecified atom stereocenters. The summed E-state index contributed by atoms with van der Waals surface area (Å²) in [6, 6.07) is 21.4. The maximum atomic E-state index is 13.9. The molecule has 2 aromatic heterocycles. The molecule has 0 aliphatic carbocycles. The van der Waals surface area contributed by atoms with Gasteiger partial charge in [-0.25, -0.2) is 0 Å². The smallest absolute Gasteiger partial charge is 0.244 e. The molecule has 294 valence electrons. The Hall–Kier alpha value is -5.98. The summed E-state index contributed by atoms with van der Waals surface area (Å²) in [5, 5.41) is 35.2. The SMILES string of the molecule is CC(C)[C@H](NC(=O)/C=C/c1cccnc1)C(=O)N[C@@H](Cc1ccccc1)[C@@H](O)[C@H](O)[C@H](Cc1ccccc1)NC(=O)[C@@H](NC(=O)/C=C/c1cccnc1)C(C)C. The van der Waals surface area contributed by atoms with Gasteiger partial charge in [0.05, 0.1) is 12.1 Å². The van der Waals surface area contributed by atoms with Crippen LogP contribution >= 0.6 is 0 Å². The van der Waals surface area contributed by atoms with Crippen molar-refractivity contribution >= 4 is 35.8 Å². The van der Waals surface area contributed by atoms with E-state index in [9.17, 15) is 29.4 Å². The van der Waals surface area contributed by atoms with Crippen molar-refractivity contribution in [3.05, 3.63) is 144 Å². The van der Waals surface area contributed by atoms with Gasteiger partial charge in [0.2, 0.25) is 23.6 Å². The minimum Gasteiger partial charge on any atom is -0.388 e. The zero-order valence-electron chi connectivity index (χ0n) is 32.2. The molecule has 0 radical (unpaired) electrons. The lowest BCUT2D eigenvalue weighted by molar-refractivity contribution is -0.131. The van der Waals surface area contributed by atoms with Gasteiger partial charge >= 0.3 is 0 Å². The molecule has 0 saturated carbocycles. The van der Waals surface area contributed by atoms with Crippen LogP contribution in [0.2, 0.25) is 0 Å². The fraction of sp³-hybridized carbons (Fsp3) is 0.318. The van der Waals surface area contributed by atoms with Crippen molar-refractivity contribution in [1.82, 2.24) is 31.2 Å². The van der Waals surface area contributed by atoms with Gasteiger partial charge in [0.25, 0.3) is 0 Å². The topological polar surface area (TPSA) is 183 Å². The molecule has 0 bridgehead atoms. The van der Waals surface area contributed by atoms with Gasteiger partial charge in [0, 0.05) is 36.9 Å². The molecule has 12 nitrogen and oxygen atoms in total.